The van der Waals surface area contributed by atoms with Gasteiger partial charge in [-0.25, -0.2) is 40.9 Å². The lowest BCUT2D eigenvalue weighted by Crippen LogP contribution is -2.23. The standard InChI is InChI=1S/C29H15Cl2F6N3O6/c1-3-45-28(43)12-8-39(22-10(24(12)41)5-14(32)20(36)18(22)30)26-16(34)7-17(35)27(38-26)40-9-13(29(44)46-4-2)25(42)11-6-15(33)21(37)19(31)23(11)40/h5-9H,3-4H2,1-2H3. The molecule has 5 aromatic rings. The Morgan fingerprint density at radius 3 is 1.39 bits per heavy atom. The Hall–Kier alpha value is -4.89. The first-order valence-electron chi connectivity index (χ1n) is 12.9. The molecule has 46 heavy (non-hydrogen) atoms. The Morgan fingerprint density at radius 1 is 0.674 bits per heavy atom. The molecule has 2 aromatic carbocycles. The van der Waals surface area contributed by atoms with Crippen molar-refractivity contribution in [1.29, 1.82) is 0 Å². The number of halogens is 8. The number of esters is 2. The van der Waals surface area contributed by atoms with E-state index in [-0.39, 0.29) is 19.3 Å². The highest BCUT2D eigenvalue weighted by molar-refractivity contribution is 6.36. The molecule has 0 aliphatic rings. The van der Waals surface area contributed by atoms with Crippen LogP contribution in [0, 0.1) is 34.9 Å². The zero-order valence-electron chi connectivity index (χ0n) is 23.1. The third kappa shape index (κ3) is 5.14. The first kappa shape index (κ1) is 32.5. The first-order valence-corrected chi connectivity index (χ1v) is 13.7. The average Bonchev–Trinajstić information content (AvgIpc) is 3.00. The normalized spacial score (nSPS) is 11.3. The fraction of sp³-hybridized carbons (Fsp3) is 0.138. The number of ether oxygens (including phenoxy) is 2. The Morgan fingerprint density at radius 2 is 1.04 bits per heavy atom. The molecular weight excluding hydrogens is 671 g/mol. The van der Waals surface area contributed by atoms with Crippen LogP contribution in [0.1, 0.15) is 34.6 Å². The number of rotatable bonds is 6. The number of hydrogen-bond acceptors (Lipinski definition) is 7. The van der Waals surface area contributed by atoms with Gasteiger partial charge < -0.3 is 9.47 Å². The number of nitrogens with zero attached hydrogens (tertiary/aromatic N) is 3. The van der Waals surface area contributed by atoms with Crippen LogP contribution in [0.2, 0.25) is 10.0 Å². The predicted molar refractivity (Wildman–Crippen MR) is 152 cm³/mol. The van der Waals surface area contributed by atoms with Crippen molar-refractivity contribution in [1.82, 2.24) is 14.1 Å². The Kier molecular flexibility index (Phi) is 8.57. The summed E-state index contributed by atoms with van der Waals surface area (Å²) in [6, 6.07) is 0.984. The summed E-state index contributed by atoms with van der Waals surface area (Å²) in [4.78, 5) is 55.3. The summed E-state index contributed by atoms with van der Waals surface area (Å²) in [6.07, 6.45) is 1.27. The van der Waals surface area contributed by atoms with Gasteiger partial charge in [0.15, 0.2) is 46.5 Å². The molecule has 0 atom stereocenters. The van der Waals surface area contributed by atoms with Crippen LogP contribution < -0.4 is 10.9 Å². The predicted octanol–water partition coefficient (Wildman–Crippen LogP) is 6.18. The number of carbonyl (C=O) groups is 2. The zero-order valence-corrected chi connectivity index (χ0v) is 24.6. The second-order valence-electron chi connectivity index (χ2n) is 9.29. The van der Waals surface area contributed by atoms with Crippen molar-refractivity contribution in [3.05, 3.63) is 107 Å². The molecule has 238 valence electrons. The third-order valence-electron chi connectivity index (χ3n) is 6.59. The van der Waals surface area contributed by atoms with E-state index in [1.807, 2.05) is 0 Å². The topological polar surface area (TPSA) is 109 Å². The first-order chi connectivity index (χ1) is 21.7. The van der Waals surface area contributed by atoms with Gasteiger partial charge in [-0.05, 0) is 26.0 Å². The minimum Gasteiger partial charge on any atom is -0.462 e. The number of pyridine rings is 3. The van der Waals surface area contributed by atoms with Crippen LogP contribution in [-0.2, 0) is 9.47 Å². The molecule has 3 aromatic heterocycles. The van der Waals surface area contributed by atoms with Crippen molar-refractivity contribution >= 4 is 56.9 Å². The monoisotopic (exact) mass is 685 g/mol. The van der Waals surface area contributed by atoms with Gasteiger partial charge in [0.25, 0.3) is 0 Å². The molecule has 9 nitrogen and oxygen atoms in total. The van der Waals surface area contributed by atoms with Gasteiger partial charge in [0.2, 0.25) is 10.9 Å². The molecule has 0 bridgehead atoms. The van der Waals surface area contributed by atoms with Crippen LogP contribution in [0.5, 0.6) is 0 Å². The highest BCUT2D eigenvalue weighted by atomic mass is 35.5. The molecule has 0 N–H and O–H groups in total. The van der Waals surface area contributed by atoms with Crippen molar-refractivity contribution in [3.63, 3.8) is 0 Å². The van der Waals surface area contributed by atoms with E-state index in [0.29, 0.717) is 33.7 Å². The quantitative estimate of drug-likeness (QED) is 0.119. The molecule has 0 fully saturated rings. The fourth-order valence-corrected chi connectivity index (χ4v) is 5.18. The molecule has 0 unspecified atom stereocenters. The molecular formula is C29H15Cl2F6N3O6. The molecule has 5 rings (SSSR count). The Bertz CT molecular complexity index is 2120. The summed E-state index contributed by atoms with van der Waals surface area (Å²) in [5.74, 6) is -14.2. The van der Waals surface area contributed by atoms with Crippen LogP contribution in [0.4, 0.5) is 26.3 Å². The van der Waals surface area contributed by atoms with Crippen molar-refractivity contribution in [3.8, 4) is 11.6 Å². The summed E-state index contributed by atoms with van der Waals surface area (Å²) >= 11 is 12.0. The lowest BCUT2D eigenvalue weighted by molar-refractivity contribution is 0.0514. The minimum absolute atomic E-state index is 0.210. The van der Waals surface area contributed by atoms with Crippen LogP contribution >= 0.6 is 23.2 Å². The maximum atomic E-state index is 15.5. The summed E-state index contributed by atoms with van der Waals surface area (Å²) in [6.45, 7) is 2.33. The van der Waals surface area contributed by atoms with E-state index < -0.39 is 112 Å². The Balaban J connectivity index is 1.95. The smallest absolute Gasteiger partial charge is 0.343 e. The number of hydrogen-bond donors (Lipinski definition) is 0. The zero-order chi connectivity index (χ0) is 33.8. The van der Waals surface area contributed by atoms with Gasteiger partial charge in [-0.1, -0.05) is 23.2 Å². The van der Waals surface area contributed by atoms with Gasteiger partial charge in [0.05, 0.1) is 35.0 Å². The van der Waals surface area contributed by atoms with Crippen molar-refractivity contribution in [2.45, 2.75) is 13.8 Å². The van der Waals surface area contributed by atoms with E-state index in [0.717, 1.165) is 0 Å². The maximum Gasteiger partial charge on any atom is 0.343 e. The van der Waals surface area contributed by atoms with E-state index in [4.69, 9.17) is 32.7 Å². The average molecular weight is 686 g/mol. The van der Waals surface area contributed by atoms with Crippen molar-refractivity contribution in [2.75, 3.05) is 13.2 Å². The second-order valence-corrected chi connectivity index (χ2v) is 10.0. The number of fused-ring (bicyclic) bond motifs is 2. The van der Waals surface area contributed by atoms with E-state index >= 15 is 8.78 Å². The molecule has 0 spiro atoms. The van der Waals surface area contributed by atoms with Gasteiger partial charge in [0.1, 0.15) is 21.2 Å². The summed E-state index contributed by atoms with van der Waals surface area (Å²) < 4.78 is 99.8. The van der Waals surface area contributed by atoms with E-state index in [9.17, 15) is 36.7 Å². The van der Waals surface area contributed by atoms with Gasteiger partial charge in [-0.3, -0.25) is 18.7 Å². The van der Waals surface area contributed by atoms with Crippen molar-refractivity contribution in [2.24, 2.45) is 0 Å². The van der Waals surface area contributed by atoms with Crippen LogP contribution in [0.3, 0.4) is 0 Å². The van der Waals surface area contributed by atoms with E-state index in [2.05, 4.69) is 4.98 Å². The molecule has 0 amide bonds. The highest BCUT2D eigenvalue weighted by Gasteiger charge is 2.28. The molecule has 0 aliphatic carbocycles. The third-order valence-corrected chi connectivity index (χ3v) is 7.28. The molecule has 0 saturated heterocycles. The van der Waals surface area contributed by atoms with Gasteiger partial charge in [-0.15, -0.1) is 0 Å². The SMILES string of the molecule is CCOC(=O)c1cn(-c2nc(-n3cc(C(=O)OCC)c(=O)c4cc(F)c(F)c(Cl)c43)c(F)cc2F)c2c(Cl)c(F)c(F)cc2c1=O. The molecule has 0 radical (unpaired) electrons. The molecule has 0 saturated carbocycles. The summed E-state index contributed by atoms with van der Waals surface area (Å²) in [5.41, 5.74) is -5.45. The molecule has 17 heteroatoms. The van der Waals surface area contributed by atoms with Crippen LogP contribution in [0.25, 0.3) is 33.4 Å². The summed E-state index contributed by atoms with van der Waals surface area (Å²) in [7, 11) is 0. The van der Waals surface area contributed by atoms with Crippen LogP contribution in [-0.4, -0.2) is 39.3 Å². The minimum atomic E-state index is -1.68. The van der Waals surface area contributed by atoms with E-state index in [1.54, 1.807) is 0 Å². The number of benzene rings is 2. The van der Waals surface area contributed by atoms with E-state index in [1.165, 1.54) is 13.8 Å². The van der Waals surface area contributed by atoms with Gasteiger partial charge in [-0.2, -0.15) is 0 Å². The maximum absolute atomic E-state index is 15.5. The lowest BCUT2D eigenvalue weighted by Gasteiger charge is -2.18. The Labute approximate surface area is 262 Å². The largest absolute Gasteiger partial charge is 0.462 e. The van der Waals surface area contributed by atoms with Gasteiger partial charge in [0, 0.05) is 18.5 Å². The number of carbonyl (C=O) groups excluding carboxylic acids is 2. The van der Waals surface area contributed by atoms with Crippen LogP contribution in [0.15, 0.2) is 40.2 Å². The molecule has 3 heterocycles. The fourth-order valence-electron chi connectivity index (χ4n) is 4.61. The number of aromatic nitrogens is 3. The van der Waals surface area contributed by atoms with Gasteiger partial charge >= 0.3 is 11.9 Å². The highest BCUT2D eigenvalue weighted by Crippen LogP contribution is 2.33. The summed E-state index contributed by atoms with van der Waals surface area (Å²) in [5, 5.41) is -3.59. The lowest BCUT2D eigenvalue weighted by atomic mass is 10.1. The molecule has 0 aliphatic heterocycles. The second kappa shape index (κ2) is 12.1. The van der Waals surface area contributed by atoms with Crippen molar-refractivity contribution < 1.29 is 45.4 Å².